The number of benzene rings is 1. The summed E-state index contributed by atoms with van der Waals surface area (Å²) in [6.45, 7) is 13.5. The molecule has 0 aliphatic heterocycles. The lowest BCUT2D eigenvalue weighted by Gasteiger charge is -2.25. The number of rotatable bonds is 3. The molecule has 2 atom stereocenters. The van der Waals surface area contributed by atoms with Crippen LogP contribution in [0.15, 0.2) is 12.1 Å². The van der Waals surface area contributed by atoms with Gasteiger partial charge in [0.25, 0.3) is 0 Å². The molecule has 1 aromatic rings. The molecule has 0 aliphatic rings. The van der Waals surface area contributed by atoms with E-state index in [2.05, 4.69) is 69.6 Å². The highest BCUT2D eigenvalue weighted by molar-refractivity contribution is 9.09. The van der Waals surface area contributed by atoms with Crippen LogP contribution in [0.25, 0.3) is 0 Å². The van der Waals surface area contributed by atoms with E-state index in [0.717, 1.165) is 0 Å². The summed E-state index contributed by atoms with van der Waals surface area (Å²) in [5.41, 5.74) is 5.73. The lowest BCUT2D eigenvalue weighted by molar-refractivity contribution is 0.547. The first-order chi connectivity index (χ1) is 7.34. The fraction of sp³-hybridized carbons (Fsp3) is 0.600. The van der Waals surface area contributed by atoms with Crippen molar-refractivity contribution < 1.29 is 0 Å². The van der Waals surface area contributed by atoms with E-state index in [4.69, 9.17) is 0 Å². The monoisotopic (exact) mass is 282 g/mol. The van der Waals surface area contributed by atoms with Gasteiger partial charge in [0, 0.05) is 4.83 Å². The largest absolute Gasteiger partial charge is 0.0881 e. The predicted octanol–water partition coefficient (Wildman–Crippen LogP) is 5.13. The first-order valence-corrected chi connectivity index (χ1v) is 6.98. The summed E-state index contributed by atoms with van der Waals surface area (Å²) in [6, 6.07) is 4.58. The molecule has 0 spiro atoms. The maximum Gasteiger partial charge on any atom is 0.0235 e. The lowest BCUT2D eigenvalue weighted by Crippen LogP contribution is -2.17. The number of hydrogen-bond acceptors (Lipinski definition) is 0. The fourth-order valence-corrected chi connectivity index (χ4v) is 2.91. The van der Waals surface area contributed by atoms with Gasteiger partial charge in [0.15, 0.2) is 0 Å². The van der Waals surface area contributed by atoms with Crippen molar-refractivity contribution in [2.45, 2.75) is 52.3 Å². The Bertz CT molecular complexity index is 343. The molecule has 0 fully saturated rings. The topological polar surface area (TPSA) is 0 Å². The molecular formula is C15H23Br. The van der Waals surface area contributed by atoms with E-state index in [9.17, 15) is 0 Å². The summed E-state index contributed by atoms with van der Waals surface area (Å²) in [4.78, 5) is 0.549. The Balaban J connectivity index is 3.13. The summed E-state index contributed by atoms with van der Waals surface area (Å²) in [7, 11) is 0. The Labute approximate surface area is 109 Å². The molecule has 2 unspecified atom stereocenters. The van der Waals surface area contributed by atoms with E-state index < -0.39 is 0 Å². The smallest absolute Gasteiger partial charge is 0.0235 e. The first-order valence-electron chi connectivity index (χ1n) is 6.06. The minimum atomic E-state index is 0.549. The molecule has 0 nitrogen and oxygen atoms in total. The van der Waals surface area contributed by atoms with Crippen molar-refractivity contribution in [3.8, 4) is 0 Å². The van der Waals surface area contributed by atoms with Gasteiger partial charge in [-0.05, 0) is 49.3 Å². The van der Waals surface area contributed by atoms with E-state index in [1.165, 1.54) is 22.3 Å². The van der Waals surface area contributed by atoms with Crippen LogP contribution in [0, 0.1) is 26.7 Å². The summed E-state index contributed by atoms with van der Waals surface area (Å²) in [6.07, 6.45) is 0. The molecule has 90 valence electrons. The third kappa shape index (κ3) is 2.88. The van der Waals surface area contributed by atoms with Gasteiger partial charge in [-0.2, -0.15) is 0 Å². The average molecular weight is 283 g/mol. The zero-order valence-electron chi connectivity index (χ0n) is 11.3. The molecule has 0 N–H and O–H groups in total. The predicted molar refractivity (Wildman–Crippen MR) is 76.6 cm³/mol. The fourth-order valence-electron chi connectivity index (χ4n) is 2.65. The van der Waals surface area contributed by atoms with Crippen LogP contribution in [-0.4, -0.2) is 4.83 Å². The van der Waals surface area contributed by atoms with Gasteiger partial charge < -0.3 is 0 Å². The summed E-state index contributed by atoms with van der Waals surface area (Å²) in [5, 5.41) is 0. The Hall–Kier alpha value is -0.300. The van der Waals surface area contributed by atoms with Crippen molar-refractivity contribution in [3.63, 3.8) is 0 Å². The van der Waals surface area contributed by atoms with Gasteiger partial charge in [0.05, 0.1) is 0 Å². The molecular weight excluding hydrogens is 260 g/mol. The van der Waals surface area contributed by atoms with Gasteiger partial charge in [-0.15, -0.1) is 0 Å². The molecule has 16 heavy (non-hydrogen) atoms. The Morgan fingerprint density at radius 3 is 1.75 bits per heavy atom. The zero-order valence-corrected chi connectivity index (χ0v) is 12.9. The highest BCUT2D eigenvalue weighted by atomic mass is 79.9. The highest BCUT2D eigenvalue weighted by Gasteiger charge is 2.22. The number of alkyl halides is 1. The summed E-state index contributed by atoms with van der Waals surface area (Å²) < 4.78 is 0. The number of aryl methyl sites for hydroxylation is 3. The second kappa shape index (κ2) is 5.35. The molecule has 0 aromatic heterocycles. The molecule has 0 amide bonds. The van der Waals surface area contributed by atoms with Crippen molar-refractivity contribution in [1.82, 2.24) is 0 Å². The normalized spacial score (nSPS) is 15.2. The van der Waals surface area contributed by atoms with Crippen molar-refractivity contribution in [2.75, 3.05) is 0 Å². The van der Waals surface area contributed by atoms with Crippen LogP contribution in [0.2, 0.25) is 0 Å². The standard InChI is InChI=1S/C15H23Br/c1-9(2)15(16)13(6)14-11(4)7-10(3)8-12(14)5/h7-9,13,15H,1-6H3. The molecule has 0 bridgehead atoms. The molecule has 0 radical (unpaired) electrons. The van der Waals surface area contributed by atoms with Crippen LogP contribution in [0.1, 0.15) is 48.9 Å². The maximum atomic E-state index is 3.83. The molecule has 1 heteroatoms. The first kappa shape index (κ1) is 13.8. The van der Waals surface area contributed by atoms with Crippen LogP contribution in [-0.2, 0) is 0 Å². The average Bonchev–Trinajstić information content (AvgIpc) is 2.14. The lowest BCUT2D eigenvalue weighted by atomic mass is 9.85. The summed E-state index contributed by atoms with van der Waals surface area (Å²) >= 11 is 3.83. The van der Waals surface area contributed by atoms with Crippen molar-refractivity contribution >= 4 is 15.9 Å². The number of halogens is 1. The Morgan fingerprint density at radius 2 is 1.38 bits per heavy atom. The van der Waals surface area contributed by atoms with Crippen molar-refractivity contribution in [3.05, 3.63) is 34.4 Å². The molecule has 0 saturated heterocycles. The summed E-state index contributed by atoms with van der Waals surface area (Å²) in [5.74, 6) is 1.23. The van der Waals surface area contributed by atoms with E-state index >= 15 is 0 Å². The van der Waals surface area contributed by atoms with E-state index in [-0.39, 0.29) is 0 Å². The maximum absolute atomic E-state index is 3.83. The van der Waals surface area contributed by atoms with Crippen molar-refractivity contribution in [1.29, 1.82) is 0 Å². The quantitative estimate of drug-likeness (QED) is 0.674. The third-order valence-corrected chi connectivity index (χ3v) is 5.16. The van der Waals surface area contributed by atoms with E-state index in [0.29, 0.717) is 16.7 Å². The molecule has 0 aliphatic carbocycles. The van der Waals surface area contributed by atoms with E-state index in [1.54, 1.807) is 0 Å². The van der Waals surface area contributed by atoms with Crippen LogP contribution < -0.4 is 0 Å². The second-order valence-corrected chi connectivity index (χ2v) is 6.35. The zero-order chi connectivity index (χ0) is 12.5. The van der Waals surface area contributed by atoms with Crippen LogP contribution in [0.5, 0.6) is 0 Å². The second-order valence-electron chi connectivity index (χ2n) is 5.29. The Kier molecular flexibility index (Phi) is 4.61. The molecule has 1 rings (SSSR count). The van der Waals surface area contributed by atoms with Crippen molar-refractivity contribution in [2.24, 2.45) is 5.92 Å². The molecule has 1 aromatic carbocycles. The van der Waals surface area contributed by atoms with Gasteiger partial charge in [0.1, 0.15) is 0 Å². The van der Waals surface area contributed by atoms with Crippen LogP contribution >= 0.6 is 15.9 Å². The molecule has 0 heterocycles. The van der Waals surface area contributed by atoms with Crippen LogP contribution in [0.3, 0.4) is 0 Å². The molecule has 0 saturated carbocycles. The minimum absolute atomic E-state index is 0.549. The highest BCUT2D eigenvalue weighted by Crippen LogP contribution is 2.34. The number of hydrogen-bond donors (Lipinski definition) is 0. The van der Waals surface area contributed by atoms with Gasteiger partial charge in [-0.1, -0.05) is 54.4 Å². The van der Waals surface area contributed by atoms with Gasteiger partial charge in [0.2, 0.25) is 0 Å². The van der Waals surface area contributed by atoms with E-state index in [1.807, 2.05) is 0 Å². The Morgan fingerprint density at radius 1 is 0.938 bits per heavy atom. The van der Waals surface area contributed by atoms with Gasteiger partial charge >= 0.3 is 0 Å². The van der Waals surface area contributed by atoms with Gasteiger partial charge in [-0.3, -0.25) is 0 Å². The third-order valence-electron chi connectivity index (χ3n) is 3.31. The SMILES string of the molecule is Cc1cc(C)c(C(C)C(Br)C(C)C)c(C)c1. The van der Waals surface area contributed by atoms with Gasteiger partial charge in [-0.25, -0.2) is 0 Å². The minimum Gasteiger partial charge on any atom is -0.0881 e. The van der Waals surface area contributed by atoms with Crippen LogP contribution in [0.4, 0.5) is 0 Å².